The molecule has 2 N–H and O–H groups in total. The molecule has 2 rings (SSSR count). The molecule has 1 unspecified atom stereocenters. The summed E-state index contributed by atoms with van der Waals surface area (Å²) < 4.78 is 22.9. The zero-order valence-electron chi connectivity index (χ0n) is 10.9. The van der Waals surface area contributed by atoms with Gasteiger partial charge in [-0.25, -0.2) is 8.42 Å². The van der Waals surface area contributed by atoms with Gasteiger partial charge in [-0.3, -0.25) is 9.59 Å². The Morgan fingerprint density at radius 2 is 1.89 bits per heavy atom. The number of aliphatic carboxylic acids is 1. The molecule has 7 heteroatoms. The Bertz CT molecular complexity index is 500. The van der Waals surface area contributed by atoms with Gasteiger partial charge in [0.2, 0.25) is 5.91 Å². The first-order valence-electron chi connectivity index (χ1n) is 6.46. The fraction of sp³-hybridized carbons (Fsp3) is 0.833. The van der Waals surface area contributed by atoms with E-state index in [0.29, 0.717) is 25.7 Å². The Balaban J connectivity index is 1.94. The molecule has 1 aliphatic carbocycles. The van der Waals surface area contributed by atoms with Crippen LogP contribution >= 0.6 is 0 Å². The second-order valence-corrected chi connectivity index (χ2v) is 8.12. The van der Waals surface area contributed by atoms with E-state index in [1.165, 1.54) is 0 Å². The standard InChI is InChI=1S/C12H19NO5S/c1-12(4-5-19(17,18)7-12)13-10(14)8-2-3-9(6-8)11(15)16/h8-9H,2-7H2,1H3,(H,13,14)(H,15,16)/t8-,9+,12?/m1/s1. The monoisotopic (exact) mass is 289 g/mol. The first-order valence-corrected chi connectivity index (χ1v) is 8.28. The zero-order valence-corrected chi connectivity index (χ0v) is 11.7. The number of carbonyl (C=O) groups is 2. The summed E-state index contributed by atoms with van der Waals surface area (Å²) in [6, 6.07) is 0. The molecule has 0 radical (unpaired) electrons. The van der Waals surface area contributed by atoms with Crippen molar-refractivity contribution in [2.24, 2.45) is 11.8 Å². The lowest BCUT2D eigenvalue weighted by atomic mass is 9.98. The predicted octanol–water partition coefficient (Wildman–Crippen LogP) is 0.181. The van der Waals surface area contributed by atoms with Crippen LogP contribution in [0.5, 0.6) is 0 Å². The molecule has 1 heterocycles. The van der Waals surface area contributed by atoms with Gasteiger partial charge in [0.1, 0.15) is 0 Å². The number of amides is 1. The van der Waals surface area contributed by atoms with Crippen molar-refractivity contribution >= 4 is 21.7 Å². The number of rotatable bonds is 3. The first kappa shape index (κ1) is 14.3. The third kappa shape index (κ3) is 3.26. The topological polar surface area (TPSA) is 101 Å². The largest absolute Gasteiger partial charge is 0.481 e. The Kier molecular flexibility index (Phi) is 3.59. The highest BCUT2D eigenvalue weighted by Crippen LogP contribution is 2.32. The molecule has 0 aromatic carbocycles. The van der Waals surface area contributed by atoms with Crippen LogP contribution < -0.4 is 5.32 Å². The normalized spacial score (nSPS) is 37.1. The van der Waals surface area contributed by atoms with Crippen LogP contribution in [0, 0.1) is 11.8 Å². The number of hydrogen-bond acceptors (Lipinski definition) is 4. The number of carboxylic acids is 1. The maximum Gasteiger partial charge on any atom is 0.306 e. The van der Waals surface area contributed by atoms with E-state index in [2.05, 4.69) is 5.32 Å². The molecule has 0 bridgehead atoms. The van der Waals surface area contributed by atoms with E-state index in [-0.39, 0.29) is 23.3 Å². The Morgan fingerprint density at radius 3 is 2.37 bits per heavy atom. The van der Waals surface area contributed by atoms with Gasteiger partial charge in [-0.15, -0.1) is 0 Å². The molecule has 2 aliphatic rings. The Labute approximate surface area is 112 Å². The van der Waals surface area contributed by atoms with Crippen molar-refractivity contribution < 1.29 is 23.1 Å². The minimum absolute atomic E-state index is 0.0270. The van der Waals surface area contributed by atoms with Crippen LogP contribution in [0.15, 0.2) is 0 Å². The van der Waals surface area contributed by atoms with E-state index in [0.717, 1.165) is 0 Å². The number of hydrogen-bond donors (Lipinski definition) is 2. The third-order valence-electron chi connectivity index (χ3n) is 4.08. The van der Waals surface area contributed by atoms with Gasteiger partial charge in [-0.1, -0.05) is 0 Å². The van der Waals surface area contributed by atoms with Crippen molar-refractivity contribution in [2.45, 2.75) is 38.1 Å². The lowest BCUT2D eigenvalue weighted by Crippen LogP contribution is -2.48. The number of sulfone groups is 1. The van der Waals surface area contributed by atoms with Gasteiger partial charge in [0.25, 0.3) is 0 Å². The molecule has 1 saturated carbocycles. The zero-order chi connectivity index (χ0) is 14.3. The van der Waals surface area contributed by atoms with E-state index in [4.69, 9.17) is 5.11 Å². The number of carbonyl (C=O) groups excluding carboxylic acids is 1. The maximum absolute atomic E-state index is 12.1. The van der Waals surface area contributed by atoms with E-state index < -0.39 is 27.3 Å². The molecule has 0 aromatic heterocycles. The smallest absolute Gasteiger partial charge is 0.306 e. The molecule has 3 atom stereocenters. The third-order valence-corrected chi connectivity index (χ3v) is 5.98. The molecule has 1 amide bonds. The summed E-state index contributed by atoms with van der Waals surface area (Å²) in [5, 5.41) is 11.7. The lowest BCUT2D eigenvalue weighted by Gasteiger charge is -2.25. The van der Waals surface area contributed by atoms with Crippen molar-refractivity contribution in [3.63, 3.8) is 0 Å². The van der Waals surface area contributed by atoms with Gasteiger partial charge in [-0.2, -0.15) is 0 Å². The van der Waals surface area contributed by atoms with Crippen LogP contribution in [0.25, 0.3) is 0 Å². The van der Waals surface area contributed by atoms with Crippen molar-refractivity contribution in [1.29, 1.82) is 0 Å². The molecule has 0 aromatic rings. The summed E-state index contributed by atoms with van der Waals surface area (Å²) in [4.78, 5) is 22.9. The first-order chi connectivity index (χ1) is 8.71. The highest BCUT2D eigenvalue weighted by Gasteiger charge is 2.42. The fourth-order valence-corrected chi connectivity index (χ4v) is 5.05. The van der Waals surface area contributed by atoms with Crippen molar-refractivity contribution in [3.8, 4) is 0 Å². The summed E-state index contributed by atoms with van der Waals surface area (Å²) >= 11 is 0. The summed E-state index contributed by atoms with van der Waals surface area (Å²) in [6.45, 7) is 1.74. The molecule has 2 fully saturated rings. The van der Waals surface area contributed by atoms with Crippen LogP contribution in [0.2, 0.25) is 0 Å². The molecule has 1 saturated heterocycles. The van der Waals surface area contributed by atoms with Gasteiger partial charge < -0.3 is 10.4 Å². The number of carboxylic acid groups (broad SMARTS) is 1. The molecule has 1 aliphatic heterocycles. The predicted molar refractivity (Wildman–Crippen MR) is 68.3 cm³/mol. The fourth-order valence-electron chi connectivity index (χ4n) is 2.95. The maximum atomic E-state index is 12.1. The molecule has 6 nitrogen and oxygen atoms in total. The van der Waals surface area contributed by atoms with Crippen LogP contribution in [0.3, 0.4) is 0 Å². The van der Waals surface area contributed by atoms with Crippen LogP contribution in [-0.4, -0.2) is 42.4 Å². The van der Waals surface area contributed by atoms with E-state index >= 15 is 0 Å². The van der Waals surface area contributed by atoms with E-state index in [9.17, 15) is 18.0 Å². The van der Waals surface area contributed by atoms with Gasteiger partial charge in [0.05, 0.1) is 23.0 Å². The van der Waals surface area contributed by atoms with Gasteiger partial charge in [0.15, 0.2) is 9.84 Å². The van der Waals surface area contributed by atoms with Gasteiger partial charge in [-0.05, 0) is 32.6 Å². The van der Waals surface area contributed by atoms with Crippen LogP contribution in [-0.2, 0) is 19.4 Å². The molecular formula is C12H19NO5S. The lowest BCUT2D eigenvalue weighted by molar-refractivity contribution is -0.141. The number of nitrogens with one attached hydrogen (secondary N) is 1. The molecule has 108 valence electrons. The van der Waals surface area contributed by atoms with E-state index in [1.54, 1.807) is 6.92 Å². The molecule has 19 heavy (non-hydrogen) atoms. The second kappa shape index (κ2) is 4.77. The minimum Gasteiger partial charge on any atom is -0.481 e. The quantitative estimate of drug-likeness (QED) is 0.772. The van der Waals surface area contributed by atoms with Crippen LogP contribution in [0.1, 0.15) is 32.6 Å². The molecular weight excluding hydrogens is 270 g/mol. The summed E-state index contributed by atoms with van der Waals surface area (Å²) in [6.07, 6.45) is 1.86. The Morgan fingerprint density at radius 1 is 1.26 bits per heavy atom. The van der Waals surface area contributed by atoms with Gasteiger partial charge in [0, 0.05) is 5.92 Å². The highest BCUT2D eigenvalue weighted by molar-refractivity contribution is 7.91. The van der Waals surface area contributed by atoms with Crippen molar-refractivity contribution in [1.82, 2.24) is 5.32 Å². The molecule has 0 spiro atoms. The van der Waals surface area contributed by atoms with E-state index in [1.807, 2.05) is 0 Å². The highest BCUT2D eigenvalue weighted by atomic mass is 32.2. The second-order valence-electron chi connectivity index (χ2n) is 5.94. The van der Waals surface area contributed by atoms with Crippen molar-refractivity contribution in [3.05, 3.63) is 0 Å². The summed E-state index contributed by atoms with van der Waals surface area (Å²) in [5.41, 5.74) is -0.697. The SMILES string of the molecule is CC1(NC(=O)[C@@H]2CC[C@H](C(=O)O)C2)CCS(=O)(=O)C1. The van der Waals surface area contributed by atoms with Gasteiger partial charge >= 0.3 is 5.97 Å². The Hall–Kier alpha value is -1.11. The van der Waals surface area contributed by atoms with Crippen molar-refractivity contribution in [2.75, 3.05) is 11.5 Å². The summed E-state index contributed by atoms with van der Waals surface area (Å²) in [5.74, 6) is -1.74. The minimum atomic E-state index is -3.06. The summed E-state index contributed by atoms with van der Waals surface area (Å²) in [7, 11) is -3.06. The van der Waals surface area contributed by atoms with Crippen LogP contribution in [0.4, 0.5) is 0 Å². The average Bonchev–Trinajstić information content (AvgIpc) is 2.83. The average molecular weight is 289 g/mol.